The highest BCUT2D eigenvalue weighted by Gasteiger charge is 2.08. The number of thiazole rings is 1. The van der Waals surface area contributed by atoms with Crippen LogP contribution in [0.25, 0.3) is 16.3 Å². The first-order chi connectivity index (χ1) is 12.1. The van der Waals surface area contributed by atoms with E-state index in [1.165, 1.54) is 28.5 Å². The number of nitrogens with zero attached hydrogens (tertiary/aromatic N) is 2. The van der Waals surface area contributed by atoms with E-state index in [0.717, 1.165) is 15.8 Å². The number of hydrogen-bond donors (Lipinski definition) is 0. The van der Waals surface area contributed by atoms with Gasteiger partial charge in [0, 0.05) is 6.08 Å². The van der Waals surface area contributed by atoms with E-state index in [1.54, 1.807) is 6.08 Å². The van der Waals surface area contributed by atoms with Crippen molar-refractivity contribution in [1.82, 2.24) is 4.57 Å². The summed E-state index contributed by atoms with van der Waals surface area (Å²) in [4.78, 5) is 17.1. The summed E-state index contributed by atoms with van der Waals surface area (Å²) in [7, 11) is 0. The summed E-state index contributed by atoms with van der Waals surface area (Å²) in [6, 6.07) is 13.9. The molecule has 0 aliphatic heterocycles. The lowest BCUT2D eigenvalue weighted by Gasteiger charge is -2.03. The maximum absolute atomic E-state index is 12.2. The van der Waals surface area contributed by atoms with Crippen molar-refractivity contribution >= 4 is 33.5 Å². The molecule has 1 amide bonds. The second-order valence-electron chi connectivity index (χ2n) is 5.77. The number of benzene rings is 2. The van der Waals surface area contributed by atoms with Crippen molar-refractivity contribution in [1.29, 1.82) is 0 Å². The molecule has 0 aliphatic rings. The fourth-order valence-electron chi connectivity index (χ4n) is 2.51. The van der Waals surface area contributed by atoms with Gasteiger partial charge in [-0.05, 0) is 48.7 Å². The molecule has 3 nitrogen and oxygen atoms in total. The van der Waals surface area contributed by atoms with Gasteiger partial charge in [-0.15, -0.1) is 6.42 Å². The maximum Gasteiger partial charge on any atom is 0.272 e. The van der Waals surface area contributed by atoms with Gasteiger partial charge in [-0.2, -0.15) is 4.99 Å². The number of rotatable bonds is 3. The van der Waals surface area contributed by atoms with Crippen molar-refractivity contribution in [3.8, 4) is 12.3 Å². The van der Waals surface area contributed by atoms with Gasteiger partial charge >= 0.3 is 0 Å². The van der Waals surface area contributed by atoms with Gasteiger partial charge < -0.3 is 4.57 Å². The van der Waals surface area contributed by atoms with Crippen LogP contribution in [0.5, 0.6) is 0 Å². The fraction of sp³-hybridized carbons (Fsp3) is 0.143. The molecule has 124 valence electrons. The first-order valence-electron chi connectivity index (χ1n) is 7.94. The number of aryl methyl sites for hydroxylation is 2. The van der Waals surface area contributed by atoms with Crippen LogP contribution in [-0.4, -0.2) is 10.5 Å². The highest BCUT2D eigenvalue weighted by atomic mass is 32.1. The van der Waals surface area contributed by atoms with E-state index in [-0.39, 0.29) is 5.91 Å². The Morgan fingerprint density at radius 3 is 2.68 bits per heavy atom. The van der Waals surface area contributed by atoms with Crippen LogP contribution in [0.3, 0.4) is 0 Å². The number of carbonyl (C=O) groups excluding carboxylic acids is 1. The summed E-state index contributed by atoms with van der Waals surface area (Å²) in [5.41, 5.74) is 4.39. The minimum Gasteiger partial charge on any atom is -0.305 e. The zero-order chi connectivity index (χ0) is 17.8. The molecule has 4 heteroatoms. The van der Waals surface area contributed by atoms with Crippen LogP contribution >= 0.6 is 11.3 Å². The predicted octanol–water partition coefficient (Wildman–Crippen LogP) is 4.09. The van der Waals surface area contributed by atoms with Crippen molar-refractivity contribution in [3.63, 3.8) is 0 Å². The molecule has 0 spiro atoms. The second-order valence-corrected chi connectivity index (χ2v) is 6.78. The molecule has 0 unspecified atom stereocenters. The summed E-state index contributed by atoms with van der Waals surface area (Å²) >= 11 is 1.48. The van der Waals surface area contributed by atoms with Crippen molar-refractivity contribution in [3.05, 3.63) is 70.0 Å². The van der Waals surface area contributed by atoms with E-state index >= 15 is 0 Å². The minimum atomic E-state index is -0.297. The molecule has 2 aromatic carbocycles. The highest BCUT2D eigenvalue weighted by Crippen LogP contribution is 2.21. The van der Waals surface area contributed by atoms with Crippen LogP contribution in [0.4, 0.5) is 0 Å². The molecule has 1 aromatic heterocycles. The molecule has 0 fully saturated rings. The van der Waals surface area contributed by atoms with Crippen molar-refractivity contribution < 1.29 is 4.79 Å². The molecule has 0 radical (unpaired) electrons. The number of fused-ring (bicyclic) bond motifs is 1. The van der Waals surface area contributed by atoms with Gasteiger partial charge in [0.2, 0.25) is 0 Å². The predicted molar refractivity (Wildman–Crippen MR) is 104 cm³/mol. The number of aromatic nitrogens is 1. The van der Waals surface area contributed by atoms with Gasteiger partial charge in [0.15, 0.2) is 4.80 Å². The molecule has 0 aliphatic carbocycles. The zero-order valence-corrected chi connectivity index (χ0v) is 15.0. The summed E-state index contributed by atoms with van der Waals surface area (Å²) in [5.74, 6) is 2.35. The molecular formula is C21H18N2OS. The van der Waals surface area contributed by atoms with Gasteiger partial charge in [0.25, 0.3) is 5.91 Å². The molecule has 0 N–H and O–H groups in total. The molecule has 25 heavy (non-hydrogen) atoms. The van der Waals surface area contributed by atoms with E-state index in [1.807, 2.05) is 34.9 Å². The SMILES string of the molecule is C#CCn1c(=NC(=O)/C=C/c2ccccc2)sc2cc(C)c(C)cc21. The maximum atomic E-state index is 12.2. The van der Waals surface area contributed by atoms with Crippen LogP contribution in [0.15, 0.2) is 53.5 Å². The third kappa shape index (κ3) is 3.78. The van der Waals surface area contributed by atoms with Gasteiger partial charge in [-0.1, -0.05) is 47.6 Å². The Balaban J connectivity index is 2.03. The highest BCUT2D eigenvalue weighted by molar-refractivity contribution is 7.16. The Morgan fingerprint density at radius 1 is 1.24 bits per heavy atom. The van der Waals surface area contributed by atoms with Crippen LogP contribution in [-0.2, 0) is 11.3 Å². The summed E-state index contributed by atoms with van der Waals surface area (Å²) < 4.78 is 3.00. The molecular weight excluding hydrogens is 328 g/mol. The number of amides is 1. The van der Waals surface area contributed by atoms with Gasteiger partial charge in [-0.25, -0.2) is 0 Å². The Morgan fingerprint density at radius 2 is 1.96 bits per heavy atom. The molecule has 1 heterocycles. The molecule has 3 aromatic rings. The lowest BCUT2D eigenvalue weighted by molar-refractivity contribution is -0.113. The van der Waals surface area contributed by atoms with E-state index in [2.05, 4.69) is 36.9 Å². The van der Waals surface area contributed by atoms with E-state index in [4.69, 9.17) is 6.42 Å². The summed E-state index contributed by atoms with van der Waals surface area (Å²) in [6.07, 6.45) is 8.75. The first kappa shape index (κ1) is 16.9. The minimum absolute atomic E-state index is 0.297. The standard InChI is InChI=1S/C21H18N2OS/c1-4-12-23-18-13-15(2)16(3)14-19(18)25-21(23)22-20(24)11-10-17-8-6-5-7-9-17/h1,5-11,13-14H,12H2,2-3H3/b11-10+,22-21?. The van der Waals surface area contributed by atoms with Crippen LogP contribution in [0.2, 0.25) is 0 Å². The lowest BCUT2D eigenvalue weighted by Crippen LogP contribution is -2.15. The summed E-state index contributed by atoms with van der Waals surface area (Å²) in [6.45, 7) is 4.53. The van der Waals surface area contributed by atoms with E-state index in [9.17, 15) is 4.79 Å². The molecule has 0 atom stereocenters. The van der Waals surface area contributed by atoms with Gasteiger partial charge in [-0.3, -0.25) is 4.79 Å². The lowest BCUT2D eigenvalue weighted by atomic mass is 10.1. The number of carbonyl (C=O) groups is 1. The molecule has 0 saturated heterocycles. The van der Waals surface area contributed by atoms with Gasteiger partial charge in [0.05, 0.1) is 16.8 Å². The number of terminal acetylenes is 1. The third-order valence-corrected chi connectivity index (χ3v) is 5.01. The third-order valence-electron chi connectivity index (χ3n) is 3.97. The first-order valence-corrected chi connectivity index (χ1v) is 8.76. The van der Waals surface area contributed by atoms with Crippen molar-refractivity contribution in [2.45, 2.75) is 20.4 Å². The van der Waals surface area contributed by atoms with Crippen molar-refractivity contribution in [2.75, 3.05) is 0 Å². The fourth-order valence-corrected chi connectivity index (χ4v) is 3.63. The van der Waals surface area contributed by atoms with E-state index < -0.39 is 0 Å². The topological polar surface area (TPSA) is 34.4 Å². The van der Waals surface area contributed by atoms with Crippen LogP contribution < -0.4 is 4.80 Å². The molecule has 0 saturated carbocycles. The van der Waals surface area contributed by atoms with Crippen LogP contribution in [0, 0.1) is 26.2 Å². The van der Waals surface area contributed by atoms with E-state index in [0.29, 0.717) is 11.3 Å². The smallest absolute Gasteiger partial charge is 0.272 e. The van der Waals surface area contributed by atoms with Gasteiger partial charge in [0.1, 0.15) is 0 Å². The Kier molecular flexibility index (Phi) is 4.97. The normalized spacial score (nSPS) is 12.0. The van der Waals surface area contributed by atoms with Crippen LogP contribution in [0.1, 0.15) is 16.7 Å². The summed E-state index contributed by atoms with van der Waals surface area (Å²) in [5, 5.41) is 0. The Labute approximate surface area is 151 Å². The average Bonchev–Trinajstić information content (AvgIpc) is 2.91. The Hall–Kier alpha value is -2.90. The monoisotopic (exact) mass is 346 g/mol. The largest absolute Gasteiger partial charge is 0.305 e. The molecule has 0 bridgehead atoms. The average molecular weight is 346 g/mol. The quantitative estimate of drug-likeness (QED) is 0.519. The molecule has 3 rings (SSSR count). The zero-order valence-electron chi connectivity index (χ0n) is 14.2. The Bertz CT molecular complexity index is 1060. The number of hydrogen-bond acceptors (Lipinski definition) is 2. The van der Waals surface area contributed by atoms with Crippen molar-refractivity contribution in [2.24, 2.45) is 4.99 Å². The second kappa shape index (κ2) is 7.33.